The Morgan fingerprint density at radius 2 is 1.86 bits per heavy atom. The smallest absolute Gasteiger partial charge is 0.319 e. The Balaban J connectivity index is 2.93. The second-order valence-corrected chi connectivity index (χ2v) is 5.14. The third-order valence-corrected chi connectivity index (χ3v) is 3.71. The van der Waals surface area contributed by atoms with E-state index in [1.807, 2.05) is 6.07 Å². The van der Waals surface area contributed by atoms with Crippen LogP contribution in [0.4, 0.5) is 0 Å². The standard InChI is InChI=1S/C18H22O4/c1-4-12-18(14(3)19,17(21)22-5-2)13-11-16(20)15-9-7-6-8-10-15/h4,6-10H,1,5,11-13H2,2-3H3. The summed E-state index contributed by atoms with van der Waals surface area (Å²) in [5.41, 5.74) is -0.746. The maximum absolute atomic E-state index is 12.2. The van der Waals surface area contributed by atoms with Gasteiger partial charge < -0.3 is 4.74 Å². The Labute approximate surface area is 131 Å². The van der Waals surface area contributed by atoms with Crippen molar-refractivity contribution >= 4 is 17.5 Å². The van der Waals surface area contributed by atoms with Crippen molar-refractivity contribution < 1.29 is 19.1 Å². The third kappa shape index (κ3) is 4.13. The summed E-state index contributed by atoms with van der Waals surface area (Å²) < 4.78 is 5.04. The number of allylic oxidation sites excluding steroid dienone is 1. The molecule has 0 aromatic heterocycles. The van der Waals surface area contributed by atoms with Crippen LogP contribution >= 0.6 is 0 Å². The fraction of sp³-hybridized carbons (Fsp3) is 0.389. The number of ketones is 2. The molecule has 0 amide bonds. The van der Waals surface area contributed by atoms with Gasteiger partial charge in [-0.25, -0.2) is 0 Å². The zero-order valence-electron chi connectivity index (χ0n) is 13.1. The van der Waals surface area contributed by atoms with Gasteiger partial charge in [-0.05, 0) is 26.7 Å². The van der Waals surface area contributed by atoms with E-state index in [1.165, 1.54) is 13.0 Å². The zero-order valence-corrected chi connectivity index (χ0v) is 13.1. The van der Waals surface area contributed by atoms with Crippen LogP contribution in [0.3, 0.4) is 0 Å². The third-order valence-electron chi connectivity index (χ3n) is 3.71. The number of esters is 1. The van der Waals surface area contributed by atoms with Gasteiger partial charge in [0.05, 0.1) is 6.61 Å². The number of Topliss-reactive ketones (excluding diaryl/α,β-unsaturated/α-hetero) is 2. The van der Waals surface area contributed by atoms with Crippen molar-refractivity contribution in [2.24, 2.45) is 5.41 Å². The molecule has 0 bridgehead atoms. The number of carbonyl (C=O) groups is 3. The van der Waals surface area contributed by atoms with E-state index in [1.54, 1.807) is 31.2 Å². The van der Waals surface area contributed by atoms with Crippen LogP contribution in [0.2, 0.25) is 0 Å². The van der Waals surface area contributed by atoms with Gasteiger partial charge in [0, 0.05) is 12.0 Å². The van der Waals surface area contributed by atoms with Gasteiger partial charge in [-0.1, -0.05) is 36.4 Å². The molecule has 1 aromatic rings. The first-order valence-corrected chi connectivity index (χ1v) is 7.35. The monoisotopic (exact) mass is 302 g/mol. The van der Waals surface area contributed by atoms with Gasteiger partial charge in [0.2, 0.25) is 0 Å². The first kappa shape index (κ1) is 17.8. The molecule has 0 aliphatic carbocycles. The molecular formula is C18H22O4. The molecule has 0 fully saturated rings. The van der Waals surface area contributed by atoms with E-state index in [0.717, 1.165) is 0 Å². The van der Waals surface area contributed by atoms with E-state index in [0.29, 0.717) is 5.56 Å². The Bertz CT molecular complexity index is 547. The lowest BCUT2D eigenvalue weighted by Crippen LogP contribution is -2.39. The molecule has 0 heterocycles. The topological polar surface area (TPSA) is 60.4 Å². The van der Waals surface area contributed by atoms with Gasteiger partial charge in [0.25, 0.3) is 0 Å². The van der Waals surface area contributed by atoms with Crippen LogP contribution in [0.5, 0.6) is 0 Å². The average molecular weight is 302 g/mol. The summed E-state index contributed by atoms with van der Waals surface area (Å²) in [7, 11) is 0. The van der Waals surface area contributed by atoms with Crippen molar-refractivity contribution in [1.29, 1.82) is 0 Å². The molecule has 0 saturated heterocycles. The molecule has 0 radical (unpaired) electrons. The molecule has 1 rings (SSSR count). The van der Waals surface area contributed by atoms with E-state index in [2.05, 4.69) is 6.58 Å². The lowest BCUT2D eigenvalue weighted by molar-refractivity contribution is -0.159. The summed E-state index contributed by atoms with van der Waals surface area (Å²) in [6.45, 7) is 6.84. The quantitative estimate of drug-likeness (QED) is 0.304. The number of rotatable bonds is 9. The van der Waals surface area contributed by atoms with Gasteiger partial charge in [-0.3, -0.25) is 14.4 Å². The molecule has 0 N–H and O–H groups in total. The summed E-state index contributed by atoms with van der Waals surface area (Å²) in [5.74, 6) is -0.977. The van der Waals surface area contributed by atoms with Crippen LogP contribution < -0.4 is 0 Å². The maximum atomic E-state index is 12.2. The highest BCUT2D eigenvalue weighted by molar-refractivity contribution is 6.04. The van der Waals surface area contributed by atoms with Crippen molar-refractivity contribution in [3.8, 4) is 0 Å². The fourth-order valence-electron chi connectivity index (χ4n) is 2.36. The van der Waals surface area contributed by atoms with E-state index in [4.69, 9.17) is 4.74 Å². The Hall–Kier alpha value is -2.23. The number of benzene rings is 1. The molecule has 4 heteroatoms. The number of hydrogen-bond acceptors (Lipinski definition) is 4. The fourth-order valence-corrected chi connectivity index (χ4v) is 2.36. The molecular weight excluding hydrogens is 280 g/mol. The van der Waals surface area contributed by atoms with Crippen LogP contribution in [0.25, 0.3) is 0 Å². The molecule has 1 unspecified atom stereocenters. The maximum Gasteiger partial charge on any atom is 0.319 e. The Kier molecular flexibility index (Phi) is 6.70. The molecule has 4 nitrogen and oxygen atoms in total. The van der Waals surface area contributed by atoms with Crippen molar-refractivity contribution in [3.63, 3.8) is 0 Å². The minimum atomic E-state index is -1.32. The van der Waals surface area contributed by atoms with Crippen molar-refractivity contribution in [2.75, 3.05) is 6.61 Å². The minimum absolute atomic E-state index is 0.0976. The van der Waals surface area contributed by atoms with Crippen LogP contribution in [-0.4, -0.2) is 24.1 Å². The molecule has 1 atom stereocenters. The number of carbonyl (C=O) groups excluding carboxylic acids is 3. The van der Waals surface area contributed by atoms with Gasteiger partial charge in [-0.15, -0.1) is 6.58 Å². The van der Waals surface area contributed by atoms with Crippen molar-refractivity contribution in [1.82, 2.24) is 0 Å². The second kappa shape index (κ2) is 8.27. The average Bonchev–Trinajstić information content (AvgIpc) is 2.51. The molecule has 22 heavy (non-hydrogen) atoms. The Morgan fingerprint density at radius 1 is 1.23 bits per heavy atom. The largest absolute Gasteiger partial charge is 0.465 e. The van der Waals surface area contributed by atoms with Crippen LogP contribution in [-0.2, 0) is 14.3 Å². The molecule has 0 aliphatic rings. The van der Waals surface area contributed by atoms with Gasteiger partial charge in [0.1, 0.15) is 11.2 Å². The van der Waals surface area contributed by atoms with Gasteiger partial charge in [0.15, 0.2) is 5.78 Å². The highest BCUT2D eigenvalue weighted by Crippen LogP contribution is 2.32. The first-order chi connectivity index (χ1) is 10.5. The van der Waals surface area contributed by atoms with Gasteiger partial charge in [-0.2, -0.15) is 0 Å². The summed E-state index contributed by atoms with van der Waals surface area (Å²) in [5, 5.41) is 0. The Morgan fingerprint density at radius 3 is 2.36 bits per heavy atom. The molecule has 0 saturated carbocycles. The summed E-state index contributed by atoms with van der Waals surface area (Å²) in [6.07, 6.45) is 1.92. The summed E-state index contributed by atoms with van der Waals surface area (Å²) in [6, 6.07) is 8.82. The molecule has 118 valence electrons. The van der Waals surface area contributed by atoms with Crippen LogP contribution in [0, 0.1) is 5.41 Å². The number of ether oxygens (including phenoxy) is 1. The molecule has 1 aromatic carbocycles. The lowest BCUT2D eigenvalue weighted by atomic mass is 9.76. The second-order valence-electron chi connectivity index (χ2n) is 5.14. The zero-order chi connectivity index (χ0) is 16.6. The van der Waals surface area contributed by atoms with E-state index < -0.39 is 11.4 Å². The predicted molar refractivity (Wildman–Crippen MR) is 84.6 cm³/mol. The lowest BCUT2D eigenvalue weighted by Gasteiger charge is -2.27. The summed E-state index contributed by atoms with van der Waals surface area (Å²) >= 11 is 0. The highest BCUT2D eigenvalue weighted by Gasteiger charge is 2.43. The van der Waals surface area contributed by atoms with Crippen molar-refractivity contribution in [3.05, 3.63) is 48.6 Å². The van der Waals surface area contributed by atoms with Gasteiger partial charge >= 0.3 is 5.97 Å². The SMILES string of the molecule is C=CCC(CCC(=O)c1ccccc1)(C(C)=O)C(=O)OCC. The highest BCUT2D eigenvalue weighted by atomic mass is 16.5. The minimum Gasteiger partial charge on any atom is -0.465 e. The van der Waals surface area contributed by atoms with E-state index >= 15 is 0 Å². The van der Waals surface area contributed by atoms with Crippen LogP contribution in [0.15, 0.2) is 43.0 Å². The summed E-state index contributed by atoms with van der Waals surface area (Å²) in [4.78, 5) is 36.5. The normalized spacial score (nSPS) is 13.0. The number of hydrogen-bond donors (Lipinski definition) is 0. The molecule has 0 spiro atoms. The first-order valence-electron chi connectivity index (χ1n) is 7.35. The van der Waals surface area contributed by atoms with Crippen molar-refractivity contribution in [2.45, 2.75) is 33.1 Å². The molecule has 0 aliphatic heterocycles. The van der Waals surface area contributed by atoms with E-state index in [-0.39, 0.29) is 37.4 Å². The predicted octanol–water partition coefficient (Wildman–Crippen LogP) is 3.36. The van der Waals surface area contributed by atoms with E-state index in [9.17, 15) is 14.4 Å². The van der Waals surface area contributed by atoms with Crippen LogP contribution in [0.1, 0.15) is 43.5 Å².